The van der Waals surface area contributed by atoms with E-state index in [0.29, 0.717) is 24.0 Å². The van der Waals surface area contributed by atoms with Crippen LogP contribution in [-0.2, 0) is 28.7 Å². The number of benzene rings is 2. The lowest BCUT2D eigenvalue weighted by molar-refractivity contribution is -0.150. The maximum atomic E-state index is 11.8. The molecule has 2 saturated heterocycles. The normalized spacial score (nSPS) is 19.6. The van der Waals surface area contributed by atoms with E-state index in [1.54, 1.807) is 80.6 Å². The molecule has 2 aromatic rings. The van der Waals surface area contributed by atoms with Crippen molar-refractivity contribution in [3.63, 3.8) is 0 Å². The highest BCUT2D eigenvalue weighted by atomic mass is 16.5. The third kappa shape index (κ3) is 29.1. The number of nitrogens with zero attached hydrogens (tertiary/aromatic N) is 1. The molecule has 2 saturated carbocycles. The number of carbonyl (C=O) groups is 4. The number of aliphatic carboxylic acids is 2. The maximum Gasteiger partial charge on any atom is 0.314 e. The molecule has 6 atom stereocenters. The van der Waals surface area contributed by atoms with Gasteiger partial charge in [-0.2, -0.15) is 0 Å². The van der Waals surface area contributed by atoms with Crippen molar-refractivity contribution in [3.8, 4) is 0 Å². The number of fused-ring (bicyclic) bond motifs is 4. The summed E-state index contributed by atoms with van der Waals surface area (Å²) >= 11 is 0. The lowest BCUT2D eigenvalue weighted by Crippen LogP contribution is -2.35. The van der Waals surface area contributed by atoms with Gasteiger partial charge in [0.25, 0.3) is 0 Å². The molecule has 4 N–H and O–H groups in total. The molecule has 6 unspecified atom stereocenters. The van der Waals surface area contributed by atoms with Gasteiger partial charge < -0.3 is 30.3 Å². The van der Waals surface area contributed by atoms with Crippen molar-refractivity contribution in [2.45, 2.75) is 224 Å². The Bertz CT molecular complexity index is 1690. The van der Waals surface area contributed by atoms with Gasteiger partial charge in [-0.25, -0.2) is 0 Å². The molecular formula is C61H98N2O8. The Hall–Kier alpha value is -4.28. The lowest BCUT2D eigenvalue weighted by Gasteiger charge is -2.30. The highest BCUT2D eigenvalue weighted by Crippen LogP contribution is 2.41. The van der Waals surface area contributed by atoms with E-state index in [0.717, 1.165) is 68.9 Å². The molecule has 2 aliphatic carbocycles. The number of carboxylic acids is 2. The summed E-state index contributed by atoms with van der Waals surface area (Å²) in [5.74, 6) is -1.89. The standard InChI is InChI=1S/C23H34O4.C21H30O4.C8H15N.C8H14.CH5N/c1-2-3-4-5-6-7-8-9-10-11-15-18-22(24)27-19-21(23(25)26)20-16-13-12-14-17-20;1-2-3-4-5-6-7-8-9-13-16-20(22)25-17-19(21(23)24)18-14-11-10-12-15-18;1-9-7-3-2-4-8(9)6-5-7;1-2-7-4-5-8(3-1)6-7;1-2/h5-6,12-14,16-17,21H,2-4,7-11,15,18-19H2,1H3,(H,25,26);7-8,10-12,14-15,19H,2-6,9,13,16-17H2,1H3,(H,23,24);7-8H,2-6H2,1H3;7-8H,1-6H2;2H2,1H3/b6-5-;8-7-;;;. The van der Waals surface area contributed by atoms with Gasteiger partial charge in [0.2, 0.25) is 0 Å². The van der Waals surface area contributed by atoms with Crippen LogP contribution in [0.2, 0.25) is 0 Å². The summed E-state index contributed by atoms with van der Waals surface area (Å²) in [5, 5.41) is 18.6. The number of carboxylic acid groups (broad SMARTS) is 2. The number of unbranched alkanes of at least 4 members (excludes halogenated alkanes) is 12. The molecule has 0 radical (unpaired) electrons. The smallest absolute Gasteiger partial charge is 0.314 e. The van der Waals surface area contributed by atoms with Gasteiger partial charge in [0, 0.05) is 24.9 Å². The Morgan fingerprint density at radius 1 is 0.535 bits per heavy atom. The van der Waals surface area contributed by atoms with Crippen molar-refractivity contribution >= 4 is 23.9 Å². The molecule has 2 heterocycles. The van der Waals surface area contributed by atoms with E-state index in [9.17, 15) is 29.4 Å². The van der Waals surface area contributed by atoms with E-state index in [-0.39, 0.29) is 25.2 Å². The Balaban J connectivity index is 0.000000354. The molecule has 10 nitrogen and oxygen atoms in total. The summed E-state index contributed by atoms with van der Waals surface area (Å²) in [6.45, 7) is 4.18. The van der Waals surface area contributed by atoms with Crippen LogP contribution in [0, 0.1) is 11.8 Å². The van der Waals surface area contributed by atoms with Crippen molar-refractivity contribution in [2.24, 2.45) is 17.6 Å². The Kier molecular flexibility index (Phi) is 36.5. The third-order valence-corrected chi connectivity index (χ3v) is 14.5. The molecule has 0 aromatic heterocycles. The number of nitrogens with two attached hydrogens (primary N) is 1. The fourth-order valence-electron chi connectivity index (χ4n) is 10.2. The molecule has 4 fully saturated rings. The molecule has 0 amide bonds. The number of carbonyl (C=O) groups excluding carboxylic acids is 2. The van der Waals surface area contributed by atoms with Gasteiger partial charge in [0.15, 0.2) is 0 Å². The summed E-state index contributed by atoms with van der Waals surface area (Å²) in [6, 6.07) is 19.7. The van der Waals surface area contributed by atoms with Crippen molar-refractivity contribution in [1.82, 2.24) is 4.90 Å². The van der Waals surface area contributed by atoms with Crippen LogP contribution in [0.5, 0.6) is 0 Å². The molecule has 2 aliphatic heterocycles. The van der Waals surface area contributed by atoms with Gasteiger partial charge in [-0.05, 0) is 121 Å². The average molecular weight is 987 g/mol. The van der Waals surface area contributed by atoms with E-state index in [2.05, 4.69) is 55.8 Å². The van der Waals surface area contributed by atoms with E-state index in [1.165, 1.54) is 103 Å². The van der Waals surface area contributed by atoms with Gasteiger partial charge in [0.05, 0.1) is 0 Å². The number of allylic oxidation sites excluding steroid dienone is 4. The number of esters is 2. The Morgan fingerprint density at radius 3 is 1.37 bits per heavy atom. The van der Waals surface area contributed by atoms with Gasteiger partial charge in [-0.1, -0.05) is 189 Å². The van der Waals surface area contributed by atoms with Gasteiger partial charge >= 0.3 is 23.9 Å². The second-order valence-corrected chi connectivity index (χ2v) is 20.1. The zero-order valence-electron chi connectivity index (χ0n) is 44.8. The summed E-state index contributed by atoms with van der Waals surface area (Å²) in [6.07, 6.45) is 44.1. The first-order valence-electron chi connectivity index (χ1n) is 28.1. The molecule has 71 heavy (non-hydrogen) atoms. The first-order chi connectivity index (χ1) is 34.6. The zero-order chi connectivity index (χ0) is 51.7. The molecule has 4 aliphatic rings. The van der Waals surface area contributed by atoms with E-state index in [4.69, 9.17) is 9.47 Å². The Morgan fingerprint density at radius 2 is 0.930 bits per heavy atom. The van der Waals surface area contributed by atoms with Crippen molar-refractivity contribution in [1.29, 1.82) is 0 Å². The van der Waals surface area contributed by atoms with Crippen LogP contribution in [-0.4, -0.2) is 78.4 Å². The molecular weight excluding hydrogens is 889 g/mol. The van der Waals surface area contributed by atoms with Crippen LogP contribution in [0.4, 0.5) is 0 Å². The topological polar surface area (TPSA) is 156 Å². The maximum absolute atomic E-state index is 11.8. The van der Waals surface area contributed by atoms with Crippen molar-refractivity contribution in [3.05, 3.63) is 96.1 Å². The van der Waals surface area contributed by atoms with Gasteiger partial charge in [-0.15, -0.1) is 0 Å². The molecule has 2 aromatic carbocycles. The minimum absolute atomic E-state index is 0.109. The number of hydrogen-bond donors (Lipinski definition) is 3. The number of hydrogen-bond acceptors (Lipinski definition) is 8. The predicted molar refractivity (Wildman–Crippen MR) is 292 cm³/mol. The summed E-state index contributed by atoms with van der Waals surface area (Å²) < 4.78 is 10.3. The Labute approximate surface area is 431 Å². The van der Waals surface area contributed by atoms with Crippen LogP contribution >= 0.6 is 0 Å². The second kappa shape index (κ2) is 41.2. The largest absolute Gasteiger partial charge is 0.481 e. The SMILES string of the molecule is C1CC2CCC(C1)C2.CCCC/C=C\CCCCCCCC(=O)OCC(C(=O)O)c1ccccc1.CCCCCC/C=C\CCCC(=O)OCC(C(=O)O)c1ccccc1.CN.CN1C2CCCC1CC2. The van der Waals surface area contributed by atoms with Gasteiger partial charge in [-0.3, -0.25) is 19.2 Å². The average Bonchev–Trinajstić information content (AvgIpc) is 3.78. The molecule has 10 heteroatoms. The van der Waals surface area contributed by atoms with Crippen molar-refractivity contribution in [2.75, 3.05) is 27.3 Å². The summed E-state index contributed by atoms with van der Waals surface area (Å²) in [4.78, 5) is 48.9. The molecule has 400 valence electrons. The first-order valence-corrected chi connectivity index (χ1v) is 28.1. The zero-order valence-corrected chi connectivity index (χ0v) is 44.8. The van der Waals surface area contributed by atoms with E-state index in [1.807, 2.05) is 12.1 Å². The number of piperidine rings is 1. The molecule has 0 spiro atoms. The molecule has 4 bridgehead atoms. The number of rotatable bonds is 28. The fraction of sp³-hybridized carbons (Fsp3) is 0.672. The number of ether oxygens (including phenoxy) is 2. The van der Waals surface area contributed by atoms with E-state index >= 15 is 0 Å². The van der Waals surface area contributed by atoms with Crippen LogP contribution in [0.15, 0.2) is 85.0 Å². The molecule has 6 rings (SSSR count). The third-order valence-electron chi connectivity index (χ3n) is 14.5. The van der Waals surface area contributed by atoms with E-state index < -0.39 is 23.8 Å². The van der Waals surface area contributed by atoms with Crippen LogP contribution < -0.4 is 5.73 Å². The quantitative estimate of drug-likeness (QED) is 0.0426. The predicted octanol–water partition coefficient (Wildman–Crippen LogP) is 14.8. The summed E-state index contributed by atoms with van der Waals surface area (Å²) in [7, 11) is 3.79. The van der Waals surface area contributed by atoms with Crippen LogP contribution in [0.3, 0.4) is 0 Å². The fourth-order valence-corrected chi connectivity index (χ4v) is 10.2. The highest BCUT2D eigenvalue weighted by Gasteiger charge is 2.33. The van der Waals surface area contributed by atoms with Crippen LogP contribution in [0.25, 0.3) is 0 Å². The highest BCUT2D eigenvalue weighted by molar-refractivity contribution is 5.78. The van der Waals surface area contributed by atoms with Crippen LogP contribution in [0.1, 0.15) is 223 Å². The summed E-state index contributed by atoms with van der Waals surface area (Å²) in [5.41, 5.74) is 5.80. The van der Waals surface area contributed by atoms with Crippen molar-refractivity contribution < 1.29 is 38.9 Å². The first kappa shape index (κ1) is 62.8. The second-order valence-electron chi connectivity index (χ2n) is 20.1. The minimum Gasteiger partial charge on any atom is -0.481 e. The monoisotopic (exact) mass is 987 g/mol. The lowest BCUT2D eigenvalue weighted by atomic mass is 9.89. The van der Waals surface area contributed by atoms with Gasteiger partial charge in [0.1, 0.15) is 25.0 Å². The minimum atomic E-state index is -0.981.